The third-order valence-corrected chi connectivity index (χ3v) is 3.78. The quantitative estimate of drug-likeness (QED) is 0.628. The number of hydrogen-bond donors (Lipinski definition) is 0. The molecule has 2 fully saturated rings. The molecule has 2 aliphatic rings. The second kappa shape index (κ2) is 3.25. The fraction of sp³-hybridized carbons (Fsp3) is 0.917. The smallest absolute Gasteiger partial charge is 0.226 e. The van der Waals surface area contributed by atoms with E-state index in [9.17, 15) is 4.79 Å². The van der Waals surface area contributed by atoms with Gasteiger partial charge in [-0.05, 0) is 30.6 Å². The van der Waals surface area contributed by atoms with Gasteiger partial charge in [0.25, 0.3) is 0 Å². The van der Waals surface area contributed by atoms with Gasteiger partial charge in [0, 0.05) is 19.0 Å². The monoisotopic (exact) mass is 195 g/mol. The van der Waals surface area contributed by atoms with Gasteiger partial charge in [0.1, 0.15) is 0 Å². The Morgan fingerprint density at radius 2 is 2.07 bits per heavy atom. The highest BCUT2D eigenvalue weighted by molar-refractivity contribution is 5.82. The van der Waals surface area contributed by atoms with Gasteiger partial charge in [0.05, 0.1) is 0 Å². The lowest BCUT2D eigenvalue weighted by atomic mass is 9.99. The van der Waals surface area contributed by atoms with E-state index in [-0.39, 0.29) is 5.41 Å². The summed E-state index contributed by atoms with van der Waals surface area (Å²) >= 11 is 0. The minimum Gasteiger partial charge on any atom is -0.342 e. The average Bonchev–Trinajstić information content (AvgIpc) is 2.74. The van der Waals surface area contributed by atoms with E-state index in [0.717, 1.165) is 19.5 Å². The largest absolute Gasteiger partial charge is 0.342 e. The van der Waals surface area contributed by atoms with Crippen LogP contribution in [-0.4, -0.2) is 23.9 Å². The van der Waals surface area contributed by atoms with Crippen LogP contribution in [0.5, 0.6) is 0 Å². The fourth-order valence-corrected chi connectivity index (χ4v) is 2.50. The molecule has 2 nitrogen and oxygen atoms in total. The number of piperidine rings is 1. The summed E-state index contributed by atoms with van der Waals surface area (Å²) in [4.78, 5) is 14.1. The predicted octanol–water partition coefficient (Wildman–Crippen LogP) is 2.29. The average molecular weight is 195 g/mol. The van der Waals surface area contributed by atoms with E-state index in [1.165, 1.54) is 12.8 Å². The zero-order chi connectivity index (χ0) is 10.3. The number of rotatable bonds is 1. The van der Waals surface area contributed by atoms with Gasteiger partial charge in [-0.15, -0.1) is 0 Å². The molecule has 1 aliphatic heterocycles. The lowest BCUT2D eigenvalue weighted by Gasteiger charge is -2.31. The second-order valence-electron chi connectivity index (χ2n) is 5.78. The number of amides is 1. The van der Waals surface area contributed by atoms with Gasteiger partial charge >= 0.3 is 0 Å². The summed E-state index contributed by atoms with van der Waals surface area (Å²) < 4.78 is 0. The number of hydrogen-bond acceptors (Lipinski definition) is 1. The highest BCUT2D eigenvalue weighted by atomic mass is 16.2. The topological polar surface area (TPSA) is 20.3 Å². The SMILES string of the molecule is C[C@@H]1CCCN(C(=O)C2CC2(C)C)C1. The van der Waals surface area contributed by atoms with Crippen molar-refractivity contribution in [3.8, 4) is 0 Å². The molecule has 2 rings (SSSR count). The van der Waals surface area contributed by atoms with Crippen molar-refractivity contribution in [2.45, 2.75) is 40.0 Å². The van der Waals surface area contributed by atoms with Crippen LogP contribution in [0.25, 0.3) is 0 Å². The van der Waals surface area contributed by atoms with Crippen LogP contribution in [0, 0.1) is 17.3 Å². The van der Waals surface area contributed by atoms with Crippen molar-refractivity contribution in [3.05, 3.63) is 0 Å². The highest BCUT2D eigenvalue weighted by Crippen LogP contribution is 2.52. The molecule has 0 aromatic carbocycles. The van der Waals surface area contributed by atoms with Crippen LogP contribution in [0.15, 0.2) is 0 Å². The third kappa shape index (κ3) is 1.79. The molecule has 80 valence electrons. The Morgan fingerprint density at radius 3 is 2.57 bits per heavy atom. The Kier molecular flexibility index (Phi) is 2.32. The van der Waals surface area contributed by atoms with Gasteiger partial charge in [0.2, 0.25) is 5.91 Å². The summed E-state index contributed by atoms with van der Waals surface area (Å²) in [5.41, 5.74) is 0.289. The molecule has 14 heavy (non-hydrogen) atoms. The molecule has 0 spiro atoms. The Labute approximate surface area is 86.7 Å². The van der Waals surface area contributed by atoms with Crippen LogP contribution in [0.4, 0.5) is 0 Å². The van der Waals surface area contributed by atoms with E-state index in [2.05, 4.69) is 25.7 Å². The van der Waals surface area contributed by atoms with E-state index in [1.807, 2.05) is 0 Å². The molecule has 1 aliphatic carbocycles. The lowest BCUT2D eigenvalue weighted by molar-refractivity contribution is -0.135. The molecule has 2 heteroatoms. The molecule has 1 heterocycles. The molecule has 0 radical (unpaired) electrons. The van der Waals surface area contributed by atoms with E-state index in [0.29, 0.717) is 17.7 Å². The van der Waals surface area contributed by atoms with Gasteiger partial charge in [-0.2, -0.15) is 0 Å². The summed E-state index contributed by atoms with van der Waals surface area (Å²) in [5, 5.41) is 0. The number of carbonyl (C=O) groups excluding carboxylic acids is 1. The number of carbonyl (C=O) groups is 1. The van der Waals surface area contributed by atoms with Crippen molar-refractivity contribution >= 4 is 5.91 Å². The van der Waals surface area contributed by atoms with Crippen molar-refractivity contribution in [1.82, 2.24) is 4.90 Å². The van der Waals surface area contributed by atoms with E-state index < -0.39 is 0 Å². The van der Waals surface area contributed by atoms with Crippen molar-refractivity contribution in [2.75, 3.05) is 13.1 Å². The number of likely N-dealkylation sites (tertiary alicyclic amines) is 1. The highest BCUT2D eigenvalue weighted by Gasteiger charge is 2.52. The standard InChI is InChI=1S/C12H21NO/c1-9-5-4-6-13(8-9)11(14)10-7-12(10,2)3/h9-10H,4-8H2,1-3H3/t9-,10?/m1/s1. The Hall–Kier alpha value is -0.530. The molecule has 1 saturated heterocycles. The normalized spacial score (nSPS) is 35.5. The van der Waals surface area contributed by atoms with Crippen molar-refractivity contribution in [1.29, 1.82) is 0 Å². The zero-order valence-electron chi connectivity index (χ0n) is 9.55. The van der Waals surface area contributed by atoms with Gasteiger partial charge in [-0.25, -0.2) is 0 Å². The summed E-state index contributed by atoms with van der Waals surface area (Å²) in [7, 11) is 0. The van der Waals surface area contributed by atoms with Gasteiger partial charge < -0.3 is 4.90 Å². The first kappa shape index (κ1) is 10.0. The number of nitrogens with zero attached hydrogens (tertiary/aromatic N) is 1. The Balaban J connectivity index is 1.92. The first-order valence-corrected chi connectivity index (χ1v) is 5.79. The van der Waals surface area contributed by atoms with Crippen molar-refractivity contribution < 1.29 is 4.79 Å². The molecular weight excluding hydrogens is 174 g/mol. The predicted molar refractivity (Wildman–Crippen MR) is 56.9 cm³/mol. The third-order valence-electron chi connectivity index (χ3n) is 3.78. The maximum atomic E-state index is 12.0. The molecular formula is C12H21NO. The second-order valence-corrected chi connectivity index (χ2v) is 5.78. The molecule has 1 saturated carbocycles. The summed E-state index contributed by atoms with van der Waals surface area (Å²) in [6.45, 7) is 8.63. The molecule has 2 atom stereocenters. The minimum atomic E-state index is 0.289. The minimum absolute atomic E-state index is 0.289. The Bertz CT molecular complexity index is 247. The zero-order valence-corrected chi connectivity index (χ0v) is 9.55. The van der Waals surface area contributed by atoms with E-state index >= 15 is 0 Å². The maximum Gasteiger partial charge on any atom is 0.226 e. The van der Waals surface area contributed by atoms with Crippen LogP contribution < -0.4 is 0 Å². The molecule has 0 N–H and O–H groups in total. The van der Waals surface area contributed by atoms with E-state index in [4.69, 9.17) is 0 Å². The van der Waals surface area contributed by atoms with Gasteiger partial charge in [-0.3, -0.25) is 4.79 Å². The van der Waals surface area contributed by atoms with Crippen molar-refractivity contribution in [3.63, 3.8) is 0 Å². The van der Waals surface area contributed by atoms with Crippen LogP contribution in [-0.2, 0) is 4.79 Å². The van der Waals surface area contributed by atoms with Crippen molar-refractivity contribution in [2.24, 2.45) is 17.3 Å². The van der Waals surface area contributed by atoms with Gasteiger partial charge in [0.15, 0.2) is 0 Å². The molecule has 0 aromatic rings. The van der Waals surface area contributed by atoms with Crippen LogP contribution in [0.3, 0.4) is 0 Å². The van der Waals surface area contributed by atoms with E-state index in [1.54, 1.807) is 0 Å². The fourth-order valence-electron chi connectivity index (χ4n) is 2.50. The molecule has 0 aromatic heterocycles. The summed E-state index contributed by atoms with van der Waals surface area (Å²) in [6.07, 6.45) is 3.58. The van der Waals surface area contributed by atoms with Crippen LogP contribution in [0.2, 0.25) is 0 Å². The Morgan fingerprint density at radius 1 is 1.43 bits per heavy atom. The molecule has 1 unspecified atom stereocenters. The molecule has 0 bridgehead atoms. The summed E-state index contributed by atoms with van der Waals surface area (Å²) in [6, 6.07) is 0. The first-order chi connectivity index (χ1) is 6.50. The summed E-state index contributed by atoms with van der Waals surface area (Å²) in [5.74, 6) is 1.45. The van der Waals surface area contributed by atoms with Crippen LogP contribution in [0.1, 0.15) is 40.0 Å². The van der Waals surface area contributed by atoms with Crippen LogP contribution >= 0.6 is 0 Å². The first-order valence-electron chi connectivity index (χ1n) is 5.79. The molecule has 1 amide bonds. The lowest BCUT2D eigenvalue weighted by Crippen LogP contribution is -2.40. The maximum absolute atomic E-state index is 12.0. The van der Waals surface area contributed by atoms with Gasteiger partial charge in [-0.1, -0.05) is 20.8 Å².